The SMILES string of the molecule is O=CO.Oc1ccccc1C(O)c1nc2cc(n1)C2. The molecule has 0 fully saturated rings. The third-order valence-electron chi connectivity index (χ3n) is 2.69. The molecule has 2 heterocycles. The lowest BCUT2D eigenvalue weighted by Gasteiger charge is -2.18. The first kappa shape index (κ1) is 13.0. The summed E-state index contributed by atoms with van der Waals surface area (Å²) in [4.78, 5) is 16.8. The Morgan fingerprint density at radius 1 is 1.21 bits per heavy atom. The van der Waals surface area contributed by atoms with Crippen molar-refractivity contribution in [1.29, 1.82) is 0 Å². The lowest BCUT2D eigenvalue weighted by molar-refractivity contribution is -0.122. The average molecular weight is 260 g/mol. The van der Waals surface area contributed by atoms with Crippen LogP contribution in [0.3, 0.4) is 0 Å². The number of aliphatic hydroxyl groups excluding tert-OH is 1. The van der Waals surface area contributed by atoms with Crippen molar-refractivity contribution in [1.82, 2.24) is 9.97 Å². The Morgan fingerprint density at radius 2 is 1.74 bits per heavy atom. The Balaban J connectivity index is 0.000000408. The molecule has 1 atom stereocenters. The fourth-order valence-corrected chi connectivity index (χ4v) is 1.79. The predicted molar refractivity (Wildman–Crippen MR) is 65.7 cm³/mol. The van der Waals surface area contributed by atoms with E-state index in [1.807, 2.05) is 6.07 Å². The molecule has 6 heteroatoms. The minimum Gasteiger partial charge on any atom is -0.508 e. The number of phenols is 1. The highest BCUT2D eigenvalue weighted by molar-refractivity contribution is 5.37. The van der Waals surface area contributed by atoms with Gasteiger partial charge in [-0.15, -0.1) is 0 Å². The molecule has 2 bridgehead atoms. The number of fused-ring (bicyclic) bond motifs is 2. The molecule has 0 saturated carbocycles. The topological polar surface area (TPSA) is 104 Å². The van der Waals surface area contributed by atoms with E-state index in [0.29, 0.717) is 11.4 Å². The van der Waals surface area contributed by atoms with Gasteiger partial charge in [0.05, 0.1) is 11.4 Å². The van der Waals surface area contributed by atoms with E-state index in [1.54, 1.807) is 18.2 Å². The number of nitrogens with zero attached hydrogens (tertiary/aromatic N) is 2. The highest BCUT2D eigenvalue weighted by Gasteiger charge is 2.22. The zero-order chi connectivity index (χ0) is 13.8. The maximum absolute atomic E-state index is 10.0. The lowest BCUT2D eigenvalue weighted by Crippen LogP contribution is -2.15. The van der Waals surface area contributed by atoms with Gasteiger partial charge in [0, 0.05) is 12.0 Å². The maximum Gasteiger partial charge on any atom is 0.290 e. The van der Waals surface area contributed by atoms with E-state index in [1.165, 1.54) is 6.07 Å². The van der Waals surface area contributed by atoms with E-state index < -0.39 is 6.10 Å². The first-order valence-electron chi connectivity index (χ1n) is 5.56. The average Bonchev–Trinajstić information content (AvgIpc) is 2.39. The Bertz CT molecular complexity index is 581. The molecular formula is C13H12N2O4. The Morgan fingerprint density at radius 3 is 2.26 bits per heavy atom. The second kappa shape index (κ2) is 5.45. The fraction of sp³-hybridized carbons (Fsp3) is 0.154. The molecule has 1 aromatic heterocycles. The van der Waals surface area contributed by atoms with Crippen molar-refractivity contribution >= 4 is 6.47 Å². The van der Waals surface area contributed by atoms with Gasteiger partial charge in [-0.25, -0.2) is 9.97 Å². The van der Waals surface area contributed by atoms with Crippen LogP contribution in [0.1, 0.15) is 28.9 Å². The van der Waals surface area contributed by atoms with Crippen LogP contribution in [0, 0.1) is 0 Å². The number of aromatic hydroxyl groups is 1. The zero-order valence-corrected chi connectivity index (χ0v) is 9.89. The number of phenolic OH excluding ortho intramolecular Hbond substituents is 1. The lowest BCUT2D eigenvalue weighted by atomic mass is 10.0. The molecule has 0 spiro atoms. The third kappa shape index (κ3) is 2.69. The summed E-state index contributed by atoms with van der Waals surface area (Å²) in [6.45, 7) is -0.250. The summed E-state index contributed by atoms with van der Waals surface area (Å²) in [5.74, 6) is 0.423. The summed E-state index contributed by atoms with van der Waals surface area (Å²) in [6, 6.07) is 8.56. The smallest absolute Gasteiger partial charge is 0.290 e. The number of carbonyl (C=O) groups is 1. The predicted octanol–water partition coefficient (Wildman–Crippen LogP) is 0.869. The fourth-order valence-electron chi connectivity index (χ4n) is 1.79. The molecule has 2 aliphatic rings. The number of hydrogen-bond donors (Lipinski definition) is 3. The first-order valence-corrected chi connectivity index (χ1v) is 5.56. The van der Waals surface area contributed by atoms with Gasteiger partial charge in [-0.1, -0.05) is 18.2 Å². The second-order valence-corrected chi connectivity index (χ2v) is 3.95. The molecule has 0 saturated heterocycles. The monoisotopic (exact) mass is 260 g/mol. The Kier molecular flexibility index (Phi) is 3.72. The zero-order valence-electron chi connectivity index (χ0n) is 9.89. The Hall–Kier alpha value is -2.47. The van der Waals surface area contributed by atoms with Crippen LogP contribution in [0.5, 0.6) is 5.75 Å². The van der Waals surface area contributed by atoms with Gasteiger partial charge in [0.2, 0.25) is 0 Å². The molecule has 0 radical (unpaired) electrons. The third-order valence-corrected chi connectivity index (χ3v) is 2.69. The van der Waals surface area contributed by atoms with E-state index in [9.17, 15) is 10.2 Å². The molecular weight excluding hydrogens is 248 g/mol. The molecule has 1 unspecified atom stereocenters. The van der Waals surface area contributed by atoms with Gasteiger partial charge in [0.15, 0.2) is 5.82 Å². The van der Waals surface area contributed by atoms with E-state index >= 15 is 0 Å². The van der Waals surface area contributed by atoms with Crippen molar-refractivity contribution in [2.24, 2.45) is 0 Å². The van der Waals surface area contributed by atoms with Crippen molar-refractivity contribution in [3.8, 4) is 5.75 Å². The maximum atomic E-state index is 10.0. The van der Waals surface area contributed by atoms with Gasteiger partial charge in [-0.3, -0.25) is 4.79 Å². The molecule has 2 aromatic rings. The standard InChI is InChI=1S/C12H10N2O2.CH2O2/c15-10-4-2-1-3-9(10)11(16)12-13-7-5-8(6-7)14-12;2-1-3/h1-5,11,15-16H,6H2;1H,(H,2,3). The molecule has 4 rings (SSSR count). The van der Waals surface area contributed by atoms with Crippen LogP contribution in [0.4, 0.5) is 0 Å². The van der Waals surface area contributed by atoms with Crippen molar-refractivity contribution in [3.05, 3.63) is 53.1 Å². The van der Waals surface area contributed by atoms with E-state index in [4.69, 9.17) is 9.90 Å². The van der Waals surface area contributed by atoms with Crippen LogP contribution >= 0.6 is 0 Å². The largest absolute Gasteiger partial charge is 0.508 e. The van der Waals surface area contributed by atoms with Crippen molar-refractivity contribution in [2.45, 2.75) is 12.5 Å². The van der Waals surface area contributed by atoms with Crippen LogP contribution in [0.25, 0.3) is 0 Å². The summed E-state index contributed by atoms with van der Waals surface area (Å²) < 4.78 is 0. The number of carboxylic acid groups (broad SMARTS) is 1. The molecule has 0 amide bonds. The highest BCUT2D eigenvalue weighted by Crippen LogP contribution is 2.29. The minimum absolute atomic E-state index is 0.0612. The molecule has 1 aliphatic carbocycles. The van der Waals surface area contributed by atoms with Gasteiger partial charge in [-0.2, -0.15) is 0 Å². The van der Waals surface area contributed by atoms with Crippen LogP contribution in [0.2, 0.25) is 0 Å². The summed E-state index contributed by atoms with van der Waals surface area (Å²) in [7, 11) is 0. The first-order chi connectivity index (χ1) is 9.15. The molecule has 3 N–H and O–H groups in total. The number of hydrogen-bond acceptors (Lipinski definition) is 5. The van der Waals surface area contributed by atoms with E-state index in [-0.39, 0.29) is 12.2 Å². The van der Waals surface area contributed by atoms with E-state index in [0.717, 1.165) is 17.8 Å². The molecule has 1 aliphatic heterocycles. The Labute approximate surface area is 109 Å². The number of aliphatic hydroxyl groups is 1. The van der Waals surface area contributed by atoms with Crippen molar-refractivity contribution in [2.75, 3.05) is 0 Å². The number of para-hydroxylation sites is 1. The van der Waals surface area contributed by atoms with Gasteiger partial charge >= 0.3 is 0 Å². The molecule has 1 aromatic carbocycles. The summed E-state index contributed by atoms with van der Waals surface area (Å²) in [5, 5.41) is 26.5. The number of aromatic nitrogens is 2. The van der Waals surface area contributed by atoms with Crippen LogP contribution in [-0.2, 0) is 11.2 Å². The van der Waals surface area contributed by atoms with E-state index in [2.05, 4.69) is 9.97 Å². The van der Waals surface area contributed by atoms with Gasteiger partial charge in [0.1, 0.15) is 11.9 Å². The van der Waals surface area contributed by atoms with Crippen LogP contribution in [-0.4, -0.2) is 31.8 Å². The van der Waals surface area contributed by atoms with Crippen molar-refractivity contribution < 1.29 is 20.1 Å². The highest BCUT2D eigenvalue weighted by atomic mass is 16.3. The van der Waals surface area contributed by atoms with Gasteiger partial charge in [0.25, 0.3) is 6.47 Å². The quantitative estimate of drug-likeness (QED) is 0.591. The summed E-state index contributed by atoms with van der Waals surface area (Å²) >= 11 is 0. The minimum atomic E-state index is -0.958. The normalized spacial score (nSPS) is 12.7. The summed E-state index contributed by atoms with van der Waals surface area (Å²) in [6.07, 6.45) is -0.169. The van der Waals surface area contributed by atoms with Crippen LogP contribution < -0.4 is 0 Å². The molecule has 19 heavy (non-hydrogen) atoms. The second-order valence-electron chi connectivity index (χ2n) is 3.95. The molecule has 98 valence electrons. The number of rotatable bonds is 2. The molecule has 6 nitrogen and oxygen atoms in total. The van der Waals surface area contributed by atoms with Gasteiger partial charge in [-0.05, 0) is 12.1 Å². The number of benzene rings is 1. The van der Waals surface area contributed by atoms with Crippen LogP contribution in [0.15, 0.2) is 30.3 Å². The van der Waals surface area contributed by atoms with Crippen molar-refractivity contribution in [3.63, 3.8) is 0 Å². The van der Waals surface area contributed by atoms with Gasteiger partial charge < -0.3 is 15.3 Å². The summed E-state index contributed by atoms with van der Waals surface area (Å²) in [5.41, 5.74) is 2.32.